The van der Waals surface area contributed by atoms with Crippen molar-refractivity contribution in [2.75, 3.05) is 18.0 Å². The normalized spacial score (nSPS) is 17.4. The summed E-state index contributed by atoms with van der Waals surface area (Å²) in [6.07, 6.45) is 5.17. The van der Waals surface area contributed by atoms with Crippen molar-refractivity contribution in [3.05, 3.63) is 18.1 Å². The molecule has 0 atom stereocenters. The van der Waals surface area contributed by atoms with E-state index in [1.165, 1.54) is 6.20 Å². The molecule has 1 N–H and O–H groups in total. The molecule has 0 aliphatic carbocycles. The number of carbonyl (C=O) groups is 1. The number of hydrogen-bond donors (Lipinski definition) is 1. The Hall–Kier alpha value is -1.65. The average molecular weight is 221 g/mol. The number of rotatable bonds is 2. The van der Waals surface area contributed by atoms with E-state index in [0.29, 0.717) is 0 Å². The summed E-state index contributed by atoms with van der Waals surface area (Å²) in [5, 5.41) is 8.70. The monoisotopic (exact) mass is 221 g/mol. The van der Waals surface area contributed by atoms with E-state index in [9.17, 15) is 4.79 Å². The number of aromatic nitrogens is 2. The van der Waals surface area contributed by atoms with Crippen LogP contribution in [0.1, 0.15) is 30.3 Å². The van der Waals surface area contributed by atoms with Crippen molar-refractivity contribution >= 4 is 11.8 Å². The number of aromatic carboxylic acids is 1. The second kappa shape index (κ2) is 4.47. The quantitative estimate of drug-likeness (QED) is 0.817. The van der Waals surface area contributed by atoms with Gasteiger partial charge in [-0.2, -0.15) is 0 Å². The summed E-state index contributed by atoms with van der Waals surface area (Å²) in [5.74, 6) is 0.505. The molecular formula is C11H15N3O2. The van der Waals surface area contributed by atoms with Crippen LogP contribution in [0.4, 0.5) is 5.82 Å². The fourth-order valence-corrected chi connectivity index (χ4v) is 1.83. The van der Waals surface area contributed by atoms with Gasteiger partial charge in [0.1, 0.15) is 5.82 Å². The Morgan fingerprint density at radius 2 is 2.06 bits per heavy atom. The summed E-state index contributed by atoms with van der Waals surface area (Å²) in [4.78, 5) is 20.8. The van der Waals surface area contributed by atoms with Crippen LogP contribution in [-0.2, 0) is 0 Å². The van der Waals surface area contributed by atoms with Gasteiger partial charge in [0, 0.05) is 13.1 Å². The first-order valence-electron chi connectivity index (χ1n) is 5.47. The predicted molar refractivity (Wildman–Crippen MR) is 59.6 cm³/mol. The molecule has 1 aliphatic heterocycles. The van der Waals surface area contributed by atoms with Crippen molar-refractivity contribution in [1.29, 1.82) is 0 Å². The lowest BCUT2D eigenvalue weighted by Gasteiger charge is -2.30. The molecule has 1 aromatic rings. The van der Waals surface area contributed by atoms with Crippen molar-refractivity contribution in [2.24, 2.45) is 5.92 Å². The van der Waals surface area contributed by atoms with Crippen molar-refractivity contribution in [1.82, 2.24) is 9.97 Å². The molecule has 0 radical (unpaired) electrons. The Morgan fingerprint density at radius 1 is 1.38 bits per heavy atom. The fraction of sp³-hybridized carbons (Fsp3) is 0.545. The maximum atomic E-state index is 10.6. The van der Waals surface area contributed by atoms with E-state index in [-0.39, 0.29) is 5.69 Å². The molecule has 5 heteroatoms. The maximum absolute atomic E-state index is 10.6. The summed E-state index contributed by atoms with van der Waals surface area (Å²) in [5.41, 5.74) is -0.00544. The van der Waals surface area contributed by atoms with Crippen LogP contribution >= 0.6 is 0 Å². The molecule has 0 amide bonds. The molecule has 0 bridgehead atoms. The summed E-state index contributed by atoms with van der Waals surface area (Å²) >= 11 is 0. The van der Waals surface area contributed by atoms with Crippen LogP contribution in [-0.4, -0.2) is 34.1 Å². The first-order valence-corrected chi connectivity index (χ1v) is 5.47. The van der Waals surface area contributed by atoms with Crippen LogP contribution in [0.25, 0.3) is 0 Å². The van der Waals surface area contributed by atoms with Crippen LogP contribution in [0.3, 0.4) is 0 Å². The molecule has 16 heavy (non-hydrogen) atoms. The Labute approximate surface area is 94.1 Å². The molecule has 2 rings (SSSR count). The highest BCUT2D eigenvalue weighted by atomic mass is 16.4. The number of piperidine rings is 1. The number of anilines is 1. The van der Waals surface area contributed by atoms with Gasteiger partial charge in [0.05, 0.1) is 12.4 Å². The number of carboxylic acid groups (broad SMARTS) is 1. The van der Waals surface area contributed by atoms with Crippen LogP contribution in [0, 0.1) is 5.92 Å². The molecule has 1 aromatic heterocycles. The third kappa shape index (κ3) is 2.29. The minimum absolute atomic E-state index is 0.00544. The topological polar surface area (TPSA) is 66.3 Å². The van der Waals surface area contributed by atoms with Crippen LogP contribution in [0.2, 0.25) is 0 Å². The van der Waals surface area contributed by atoms with Crippen LogP contribution in [0.15, 0.2) is 12.4 Å². The van der Waals surface area contributed by atoms with Gasteiger partial charge in [-0.1, -0.05) is 6.92 Å². The smallest absolute Gasteiger partial charge is 0.356 e. The van der Waals surface area contributed by atoms with Gasteiger partial charge in [-0.05, 0) is 18.8 Å². The van der Waals surface area contributed by atoms with E-state index in [2.05, 4.69) is 21.8 Å². The van der Waals surface area contributed by atoms with Gasteiger partial charge in [0.2, 0.25) is 0 Å². The second-order valence-corrected chi connectivity index (χ2v) is 4.23. The van der Waals surface area contributed by atoms with Crippen LogP contribution in [0.5, 0.6) is 0 Å². The van der Waals surface area contributed by atoms with E-state index >= 15 is 0 Å². The highest BCUT2D eigenvalue weighted by molar-refractivity contribution is 5.84. The Morgan fingerprint density at radius 3 is 2.56 bits per heavy atom. The summed E-state index contributed by atoms with van der Waals surface area (Å²) in [6, 6.07) is 0. The molecule has 0 aromatic carbocycles. The highest BCUT2D eigenvalue weighted by Gasteiger charge is 2.17. The Balaban J connectivity index is 2.07. The number of hydrogen-bond acceptors (Lipinski definition) is 4. The lowest BCUT2D eigenvalue weighted by molar-refractivity contribution is 0.0690. The molecule has 5 nitrogen and oxygen atoms in total. The van der Waals surface area contributed by atoms with Crippen molar-refractivity contribution in [3.63, 3.8) is 0 Å². The van der Waals surface area contributed by atoms with Crippen molar-refractivity contribution in [2.45, 2.75) is 19.8 Å². The number of nitrogens with zero attached hydrogens (tertiary/aromatic N) is 3. The standard InChI is InChI=1S/C11H15N3O2/c1-8-2-4-14(5-3-8)10-7-12-9(6-13-10)11(15)16/h6-8H,2-5H2,1H3,(H,15,16). The average Bonchev–Trinajstić information content (AvgIpc) is 2.30. The molecule has 1 fully saturated rings. The molecule has 0 saturated carbocycles. The van der Waals surface area contributed by atoms with Gasteiger partial charge in [-0.25, -0.2) is 14.8 Å². The molecule has 86 valence electrons. The minimum Gasteiger partial charge on any atom is -0.476 e. The maximum Gasteiger partial charge on any atom is 0.356 e. The second-order valence-electron chi connectivity index (χ2n) is 4.23. The number of carboxylic acids is 1. The molecule has 0 spiro atoms. The lowest BCUT2D eigenvalue weighted by Crippen LogP contribution is -2.33. The van der Waals surface area contributed by atoms with Gasteiger partial charge in [0.25, 0.3) is 0 Å². The Kier molecular flexibility index (Phi) is 3.03. The zero-order valence-corrected chi connectivity index (χ0v) is 9.26. The Bertz CT molecular complexity index is 369. The first kappa shape index (κ1) is 10.9. The summed E-state index contributed by atoms with van der Waals surface area (Å²) in [6.45, 7) is 4.20. The van der Waals surface area contributed by atoms with E-state index in [4.69, 9.17) is 5.11 Å². The third-order valence-electron chi connectivity index (χ3n) is 2.96. The molecule has 1 saturated heterocycles. The van der Waals surface area contributed by atoms with Gasteiger partial charge < -0.3 is 10.0 Å². The summed E-state index contributed by atoms with van der Waals surface area (Å²) < 4.78 is 0. The zero-order valence-electron chi connectivity index (χ0n) is 9.26. The SMILES string of the molecule is CC1CCN(c2cnc(C(=O)O)cn2)CC1. The molecular weight excluding hydrogens is 206 g/mol. The molecule has 2 heterocycles. The van der Waals surface area contributed by atoms with Crippen molar-refractivity contribution < 1.29 is 9.90 Å². The highest BCUT2D eigenvalue weighted by Crippen LogP contribution is 2.20. The van der Waals surface area contributed by atoms with Crippen molar-refractivity contribution in [3.8, 4) is 0 Å². The predicted octanol–water partition coefficient (Wildman–Crippen LogP) is 1.41. The molecule has 1 aliphatic rings. The zero-order chi connectivity index (χ0) is 11.5. The van der Waals surface area contributed by atoms with Gasteiger partial charge >= 0.3 is 5.97 Å². The van der Waals surface area contributed by atoms with Gasteiger partial charge in [-0.3, -0.25) is 0 Å². The van der Waals surface area contributed by atoms with E-state index in [1.54, 1.807) is 6.20 Å². The lowest BCUT2D eigenvalue weighted by atomic mass is 9.99. The fourth-order valence-electron chi connectivity index (χ4n) is 1.83. The largest absolute Gasteiger partial charge is 0.476 e. The van der Waals surface area contributed by atoms with Crippen LogP contribution < -0.4 is 4.90 Å². The third-order valence-corrected chi connectivity index (χ3v) is 2.96. The summed E-state index contributed by atoms with van der Waals surface area (Å²) in [7, 11) is 0. The minimum atomic E-state index is -1.04. The van der Waals surface area contributed by atoms with Gasteiger partial charge in [0.15, 0.2) is 5.69 Å². The van der Waals surface area contributed by atoms with Gasteiger partial charge in [-0.15, -0.1) is 0 Å². The van der Waals surface area contributed by atoms with E-state index in [1.807, 2.05) is 0 Å². The molecule has 0 unspecified atom stereocenters. The van der Waals surface area contributed by atoms with E-state index < -0.39 is 5.97 Å². The van der Waals surface area contributed by atoms with E-state index in [0.717, 1.165) is 37.7 Å². The first-order chi connectivity index (χ1) is 7.66.